The molecule has 0 spiro atoms. The normalized spacial score (nSPS) is 11.0. The molecule has 2 aromatic heterocycles. The average Bonchev–Trinajstić information content (AvgIpc) is 3.08. The molecule has 1 aromatic carbocycles. The third-order valence-electron chi connectivity index (χ3n) is 3.63. The number of nitrogens with one attached hydrogen (secondary N) is 1. The van der Waals surface area contributed by atoms with Crippen LogP contribution in [0.3, 0.4) is 0 Å². The van der Waals surface area contributed by atoms with Gasteiger partial charge in [0.15, 0.2) is 0 Å². The highest BCUT2D eigenvalue weighted by Gasteiger charge is 2.09. The van der Waals surface area contributed by atoms with Gasteiger partial charge in [0.1, 0.15) is 17.5 Å². The number of nitrogens with zero attached hydrogens (tertiary/aromatic N) is 4. The average molecular weight is 341 g/mol. The molecule has 0 amide bonds. The molecule has 3 aromatic rings. The number of aryl methyl sites for hydroxylation is 1. The number of benzene rings is 1. The molecule has 6 nitrogen and oxygen atoms in total. The lowest BCUT2D eigenvalue weighted by Gasteiger charge is -2.07. The van der Waals surface area contributed by atoms with Crippen LogP contribution in [0.15, 0.2) is 41.1 Å². The Hall–Kier alpha value is -2.83. The van der Waals surface area contributed by atoms with E-state index in [0.717, 1.165) is 30.2 Å². The third-order valence-corrected chi connectivity index (χ3v) is 3.63. The van der Waals surface area contributed by atoms with Crippen molar-refractivity contribution in [1.82, 2.24) is 20.1 Å². The molecule has 0 saturated heterocycles. The van der Waals surface area contributed by atoms with Gasteiger partial charge in [-0.2, -0.15) is 4.98 Å². The molecule has 3 rings (SSSR count). The van der Waals surface area contributed by atoms with E-state index in [9.17, 15) is 4.39 Å². The summed E-state index contributed by atoms with van der Waals surface area (Å²) in [6, 6.07) is 7.87. The number of halogens is 1. The Bertz CT molecular complexity index is 816. The molecule has 0 saturated carbocycles. The van der Waals surface area contributed by atoms with E-state index < -0.39 is 0 Å². The molecule has 2 heterocycles. The minimum atomic E-state index is -0.288. The first kappa shape index (κ1) is 17.0. The van der Waals surface area contributed by atoms with Crippen LogP contribution in [0.5, 0.6) is 0 Å². The Labute approximate surface area is 145 Å². The highest BCUT2D eigenvalue weighted by Crippen LogP contribution is 2.16. The summed E-state index contributed by atoms with van der Waals surface area (Å²) < 4.78 is 18.2. The first-order chi connectivity index (χ1) is 12.1. The fourth-order valence-electron chi connectivity index (χ4n) is 2.28. The summed E-state index contributed by atoms with van der Waals surface area (Å²) in [5.41, 5.74) is 0.733. The zero-order chi connectivity index (χ0) is 17.6. The fraction of sp³-hybridized carbons (Fsp3) is 0.333. The molecule has 25 heavy (non-hydrogen) atoms. The summed E-state index contributed by atoms with van der Waals surface area (Å²) in [7, 11) is 0. The van der Waals surface area contributed by atoms with E-state index in [1.807, 2.05) is 6.07 Å². The predicted octanol–water partition coefficient (Wildman–Crippen LogP) is 3.83. The van der Waals surface area contributed by atoms with Gasteiger partial charge in [-0.1, -0.05) is 19.0 Å². The molecule has 0 atom stereocenters. The largest absolute Gasteiger partial charge is 0.370 e. The molecule has 0 fully saturated rings. The molecular formula is C18H20FN5O. The predicted molar refractivity (Wildman–Crippen MR) is 92.6 cm³/mol. The van der Waals surface area contributed by atoms with Crippen molar-refractivity contribution in [3.8, 4) is 11.4 Å². The maximum absolute atomic E-state index is 12.9. The van der Waals surface area contributed by atoms with Crippen molar-refractivity contribution < 1.29 is 8.91 Å². The van der Waals surface area contributed by atoms with E-state index in [1.54, 1.807) is 18.3 Å². The van der Waals surface area contributed by atoms with Crippen molar-refractivity contribution in [2.45, 2.75) is 32.6 Å². The van der Waals surface area contributed by atoms with E-state index in [4.69, 9.17) is 4.52 Å². The van der Waals surface area contributed by atoms with Gasteiger partial charge in [-0.25, -0.2) is 14.4 Å². The summed E-state index contributed by atoms with van der Waals surface area (Å²) in [4.78, 5) is 13.0. The lowest BCUT2D eigenvalue weighted by molar-refractivity contribution is 0.377. The van der Waals surface area contributed by atoms with Crippen LogP contribution in [0.1, 0.15) is 37.9 Å². The maximum Gasteiger partial charge on any atom is 0.227 e. The molecule has 7 heteroatoms. The standard InChI is InChI=1S/C18H20FN5O/c1-12(2)17-21-11-9-15(22-17)20-10-3-4-16-23-18(24-25-16)13-5-7-14(19)8-6-13/h5-9,11-12H,3-4,10H2,1-2H3,(H,20,21,22). The number of anilines is 1. The Morgan fingerprint density at radius 3 is 2.68 bits per heavy atom. The molecule has 0 bridgehead atoms. The second-order valence-corrected chi connectivity index (χ2v) is 6.00. The SMILES string of the molecule is CC(C)c1nccc(NCCCc2nc(-c3ccc(F)cc3)no2)n1. The van der Waals surface area contributed by atoms with Crippen LogP contribution in [0, 0.1) is 5.82 Å². The van der Waals surface area contributed by atoms with Crippen LogP contribution in [0.4, 0.5) is 10.2 Å². The van der Waals surface area contributed by atoms with Crippen molar-refractivity contribution >= 4 is 5.82 Å². The van der Waals surface area contributed by atoms with Gasteiger partial charge >= 0.3 is 0 Å². The highest BCUT2D eigenvalue weighted by molar-refractivity contribution is 5.53. The van der Waals surface area contributed by atoms with E-state index in [-0.39, 0.29) is 5.82 Å². The van der Waals surface area contributed by atoms with Crippen LogP contribution in [-0.2, 0) is 6.42 Å². The van der Waals surface area contributed by atoms with Crippen molar-refractivity contribution in [2.75, 3.05) is 11.9 Å². The van der Waals surface area contributed by atoms with Crippen molar-refractivity contribution in [1.29, 1.82) is 0 Å². The van der Waals surface area contributed by atoms with Gasteiger partial charge in [-0.3, -0.25) is 0 Å². The lowest BCUT2D eigenvalue weighted by Crippen LogP contribution is -2.07. The van der Waals surface area contributed by atoms with Crippen molar-refractivity contribution in [3.05, 3.63) is 54.1 Å². The van der Waals surface area contributed by atoms with Crippen LogP contribution in [0.25, 0.3) is 11.4 Å². The fourth-order valence-corrected chi connectivity index (χ4v) is 2.28. The summed E-state index contributed by atoms with van der Waals surface area (Å²) in [6.07, 6.45) is 3.24. The number of aromatic nitrogens is 4. The van der Waals surface area contributed by atoms with Gasteiger partial charge in [0.05, 0.1) is 0 Å². The summed E-state index contributed by atoms with van der Waals surface area (Å²) in [6.45, 7) is 4.86. The van der Waals surface area contributed by atoms with Crippen LogP contribution < -0.4 is 5.32 Å². The maximum atomic E-state index is 12.9. The van der Waals surface area contributed by atoms with Gasteiger partial charge in [0.25, 0.3) is 0 Å². The highest BCUT2D eigenvalue weighted by atomic mass is 19.1. The molecule has 130 valence electrons. The van der Waals surface area contributed by atoms with Gasteiger partial charge < -0.3 is 9.84 Å². The third kappa shape index (κ3) is 4.59. The lowest BCUT2D eigenvalue weighted by atomic mass is 10.2. The number of hydrogen-bond donors (Lipinski definition) is 1. The Kier molecular flexibility index (Phi) is 5.33. The second kappa shape index (κ2) is 7.83. The Morgan fingerprint density at radius 1 is 1.12 bits per heavy atom. The Morgan fingerprint density at radius 2 is 1.92 bits per heavy atom. The minimum Gasteiger partial charge on any atom is -0.370 e. The second-order valence-electron chi connectivity index (χ2n) is 6.00. The number of rotatable bonds is 7. The minimum absolute atomic E-state index is 0.288. The van der Waals surface area contributed by atoms with E-state index in [1.165, 1.54) is 12.1 Å². The number of hydrogen-bond acceptors (Lipinski definition) is 6. The van der Waals surface area contributed by atoms with Crippen LogP contribution in [-0.4, -0.2) is 26.7 Å². The van der Waals surface area contributed by atoms with Gasteiger partial charge in [0.2, 0.25) is 11.7 Å². The Balaban J connectivity index is 1.50. The summed E-state index contributed by atoms with van der Waals surface area (Å²) in [5.74, 6) is 2.68. The molecular weight excluding hydrogens is 321 g/mol. The molecule has 1 N–H and O–H groups in total. The van der Waals surface area contributed by atoms with E-state index >= 15 is 0 Å². The van der Waals surface area contributed by atoms with Gasteiger partial charge in [-0.05, 0) is 36.8 Å². The molecule has 0 unspecified atom stereocenters. The van der Waals surface area contributed by atoms with Crippen molar-refractivity contribution in [3.63, 3.8) is 0 Å². The van der Waals surface area contributed by atoms with Gasteiger partial charge in [-0.15, -0.1) is 0 Å². The molecule has 0 aliphatic rings. The van der Waals surface area contributed by atoms with Crippen LogP contribution >= 0.6 is 0 Å². The summed E-state index contributed by atoms with van der Waals surface area (Å²) in [5, 5.41) is 7.21. The van der Waals surface area contributed by atoms with E-state index in [2.05, 4.69) is 39.3 Å². The summed E-state index contributed by atoms with van der Waals surface area (Å²) >= 11 is 0. The first-order valence-electron chi connectivity index (χ1n) is 8.27. The molecule has 0 aliphatic heterocycles. The molecule has 0 aliphatic carbocycles. The zero-order valence-electron chi connectivity index (χ0n) is 14.2. The van der Waals surface area contributed by atoms with E-state index in [0.29, 0.717) is 24.1 Å². The smallest absolute Gasteiger partial charge is 0.227 e. The zero-order valence-corrected chi connectivity index (χ0v) is 14.2. The van der Waals surface area contributed by atoms with Crippen LogP contribution in [0.2, 0.25) is 0 Å². The van der Waals surface area contributed by atoms with Crippen molar-refractivity contribution in [2.24, 2.45) is 0 Å². The van der Waals surface area contributed by atoms with Gasteiger partial charge in [0, 0.05) is 30.6 Å². The molecule has 0 radical (unpaired) electrons. The quantitative estimate of drug-likeness (QED) is 0.658. The first-order valence-corrected chi connectivity index (χ1v) is 8.27. The monoisotopic (exact) mass is 341 g/mol. The topological polar surface area (TPSA) is 76.7 Å².